The van der Waals surface area contributed by atoms with Gasteiger partial charge in [0.15, 0.2) is 11.5 Å². The minimum Gasteiger partial charge on any atom is -0.457 e. The first kappa shape index (κ1) is 27.6. The molecule has 0 spiro atoms. The molecule has 0 saturated carbocycles. The van der Waals surface area contributed by atoms with Crippen LogP contribution >= 0.6 is 0 Å². The quantitative estimate of drug-likeness (QED) is 0.338. The molecule has 220 valence electrons. The number of piperazine rings is 1. The summed E-state index contributed by atoms with van der Waals surface area (Å²) in [7, 11) is 0. The number of amides is 1. The van der Waals surface area contributed by atoms with Gasteiger partial charge in [-0.25, -0.2) is 29.7 Å². The van der Waals surface area contributed by atoms with Gasteiger partial charge in [0.2, 0.25) is 0 Å². The Bertz CT molecular complexity index is 1510. The molecule has 4 aromatic rings. The van der Waals surface area contributed by atoms with E-state index in [9.17, 15) is 4.79 Å². The molecule has 6 rings (SSSR count). The molecule has 13 nitrogen and oxygen atoms in total. The SMILES string of the molecule is CC(C)(C)OC(=O)N1CCN(c2ccc(-c3cnc(N4CCOCC4)c4nc(COc5ncccn5)cn34)cn2)CC1. The minimum absolute atomic E-state index is 0.222. The molecule has 0 bridgehead atoms. The summed E-state index contributed by atoms with van der Waals surface area (Å²) in [5, 5.41) is 0. The van der Waals surface area contributed by atoms with Crippen molar-refractivity contribution >= 4 is 23.4 Å². The summed E-state index contributed by atoms with van der Waals surface area (Å²) in [6, 6.07) is 6.09. The lowest BCUT2D eigenvalue weighted by Gasteiger charge is -2.36. The van der Waals surface area contributed by atoms with Crippen LogP contribution in [0.25, 0.3) is 16.9 Å². The van der Waals surface area contributed by atoms with Crippen LogP contribution in [-0.2, 0) is 16.1 Å². The summed E-state index contributed by atoms with van der Waals surface area (Å²) in [4.78, 5) is 41.3. The number of ether oxygens (including phenoxy) is 3. The summed E-state index contributed by atoms with van der Waals surface area (Å²) in [5.41, 5.74) is 2.74. The van der Waals surface area contributed by atoms with E-state index < -0.39 is 5.60 Å². The van der Waals surface area contributed by atoms with Crippen molar-refractivity contribution in [3.8, 4) is 17.3 Å². The Labute approximate surface area is 244 Å². The standard InChI is InChI=1S/C29H35N9O4/c1-29(2,3)42-28(39)37-11-9-35(10-12-37)24-6-5-21(17-32-24)23-18-33-25(36-13-15-40-16-14-36)26-34-22(19-38(23)26)20-41-27-30-7-4-8-31-27/h4-8,17-19H,9-16,20H2,1-3H3. The van der Waals surface area contributed by atoms with Crippen molar-refractivity contribution in [3.05, 3.63) is 54.9 Å². The van der Waals surface area contributed by atoms with Crippen molar-refractivity contribution in [1.82, 2.24) is 34.2 Å². The predicted octanol–water partition coefficient (Wildman–Crippen LogP) is 3.05. The van der Waals surface area contributed by atoms with Gasteiger partial charge in [0.25, 0.3) is 0 Å². The number of rotatable bonds is 6. The number of hydrogen-bond acceptors (Lipinski definition) is 11. The summed E-state index contributed by atoms with van der Waals surface area (Å²) in [6.45, 7) is 11.2. The van der Waals surface area contributed by atoms with Crippen LogP contribution in [0.3, 0.4) is 0 Å². The molecule has 6 heterocycles. The van der Waals surface area contributed by atoms with Gasteiger partial charge in [0.1, 0.15) is 18.0 Å². The molecular formula is C29H35N9O4. The number of carbonyl (C=O) groups excluding carboxylic acids is 1. The van der Waals surface area contributed by atoms with Crippen molar-refractivity contribution in [1.29, 1.82) is 0 Å². The largest absolute Gasteiger partial charge is 0.457 e. The molecule has 0 aliphatic carbocycles. The van der Waals surface area contributed by atoms with Crippen molar-refractivity contribution in [2.75, 3.05) is 62.3 Å². The number of aromatic nitrogens is 6. The molecule has 2 saturated heterocycles. The highest BCUT2D eigenvalue weighted by Gasteiger charge is 2.26. The lowest BCUT2D eigenvalue weighted by atomic mass is 10.2. The molecule has 2 fully saturated rings. The third-order valence-corrected chi connectivity index (χ3v) is 7.03. The lowest BCUT2D eigenvalue weighted by molar-refractivity contribution is 0.0240. The van der Waals surface area contributed by atoms with Crippen LogP contribution in [0, 0.1) is 0 Å². The van der Waals surface area contributed by atoms with Gasteiger partial charge in [0.05, 0.1) is 30.8 Å². The monoisotopic (exact) mass is 573 g/mol. The summed E-state index contributed by atoms with van der Waals surface area (Å²) >= 11 is 0. The maximum atomic E-state index is 12.4. The number of morpholine rings is 1. The number of carbonyl (C=O) groups is 1. The second-order valence-electron chi connectivity index (χ2n) is 11.2. The second-order valence-corrected chi connectivity index (χ2v) is 11.2. The number of fused-ring (bicyclic) bond motifs is 1. The molecule has 0 radical (unpaired) electrons. The van der Waals surface area contributed by atoms with E-state index >= 15 is 0 Å². The molecule has 0 N–H and O–H groups in total. The second kappa shape index (κ2) is 11.8. The zero-order valence-electron chi connectivity index (χ0n) is 24.1. The zero-order chi connectivity index (χ0) is 29.1. The Morgan fingerprint density at radius 3 is 2.38 bits per heavy atom. The normalized spacial score (nSPS) is 16.1. The van der Waals surface area contributed by atoms with Gasteiger partial charge in [-0.2, -0.15) is 0 Å². The summed E-state index contributed by atoms with van der Waals surface area (Å²) in [5.74, 6) is 1.66. The molecule has 13 heteroatoms. The van der Waals surface area contributed by atoms with E-state index in [-0.39, 0.29) is 12.7 Å². The summed E-state index contributed by atoms with van der Waals surface area (Å²) in [6.07, 6.45) is 8.69. The Kier molecular flexibility index (Phi) is 7.74. The van der Waals surface area contributed by atoms with Gasteiger partial charge in [-0.3, -0.25) is 4.40 Å². The fourth-order valence-electron chi connectivity index (χ4n) is 4.96. The molecule has 0 unspecified atom stereocenters. The molecular weight excluding hydrogens is 538 g/mol. The summed E-state index contributed by atoms with van der Waals surface area (Å²) < 4.78 is 18.9. The number of imidazole rings is 1. The first-order chi connectivity index (χ1) is 20.3. The van der Waals surface area contributed by atoms with Crippen molar-refractivity contribution in [3.63, 3.8) is 0 Å². The first-order valence-corrected chi connectivity index (χ1v) is 14.1. The van der Waals surface area contributed by atoms with Crippen LogP contribution in [-0.4, -0.2) is 98.4 Å². The molecule has 42 heavy (non-hydrogen) atoms. The third kappa shape index (κ3) is 6.20. The van der Waals surface area contributed by atoms with E-state index in [2.05, 4.69) is 19.8 Å². The van der Waals surface area contributed by atoms with Crippen molar-refractivity contribution in [2.45, 2.75) is 33.0 Å². The van der Waals surface area contributed by atoms with E-state index in [0.29, 0.717) is 45.4 Å². The highest BCUT2D eigenvalue weighted by Crippen LogP contribution is 2.28. The Balaban J connectivity index is 1.22. The maximum absolute atomic E-state index is 12.4. The van der Waals surface area contributed by atoms with Gasteiger partial charge in [-0.15, -0.1) is 0 Å². The Morgan fingerprint density at radius 2 is 1.69 bits per heavy atom. The van der Waals surface area contributed by atoms with Crippen LogP contribution in [0.15, 0.2) is 49.2 Å². The number of hydrogen-bond donors (Lipinski definition) is 0. The fraction of sp³-hybridized carbons (Fsp3) is 0.448. The highest BCUT2D eigenvalue weighted by atomic mass is 16.6. The molecule has 4 aromatic heterocycles. The average Bonchev–Trinajstić information content (AvgIpc) is 3.44. The van der Waals surface area contributed by atoms with Crippen LogP contribution < -0.4 is 14.5 Å². The van der Waals surface area contributed by atoms with E-state index in [1.807, 2.05) is 55.9 Å². The maximum Gasteiger partial charge on any atom is 0.410 e. The molecule has 2 aliphatic heterocycles. The topological polar surface area (TPSA) is 123 Å². The van der Waals surface area contributed by atoms with Crippen LogP contribution in [0.1, 0.15) is 26.5 Å². The van der Waals surface area contributed by atoms with Crippen molar-refractivity contribution in [2.24, 2.45) is 0 Å². The van der Waals surface area contributed by atoms with Gasteiger partial charge in [-0.05, 0) is 39.0 Å². The smallest absolute Gasteiger partial charge is 0.410 e. The number of pyridine rings is 1. The molecule has 2 aliphatic rings. The van der Waals surface area contributed by atoms with E-state index in [4.69, 9.17) is 29.2 Å². The zero-order valence-corrected chi connectivity index (χ0v) is 24.1. The number of anilines is 2. The Hall–Kier alpha value is -4.52. The van der Waals surface area contributed by atoms with Crippen LogP contribution in [0.4, 0.5) is 16.4 Å². The van der Waals surface area contributed by atoms with Gasteiger partial charge < -0.3 is 28.9 Å². The predicted molar refractivity (Wildman–Crippen MR) is 156 cm³/mol. The van der Waals surface area contributed by atoms with Crippen molar-refractivity contribution < 1.29 is 19.0 Å². The van der Waals surface area contributed by atoms with Gasteiger partial charge in [-0.1, -0.05) is 0 Å². The van der Waals surface area contributed by atoms with Crippen LogP contribution in [0.2, 0.25) is 0 Å². The van der Waals surface area contributed by atoms with E-state index in [1.165, 1.54) is 0 Å². The number of nitrogens with zero attached hydrogens (tertiary/aromatic N) is 9. The van der Waals surface area contributed by atoms with Gasteiger partial charge >= 0.3 is 12.1 Å². The molecule has 0 aromatic carbocycles. The average molecular weight is 574 g/mol. The molecule has 0 atom stereocenters. The minimum atomic E-state index is -0.508. The van der Waals surface area contributed by atoms with E-state index in [0.717, 1.165) is 47.3 Å². The molecule has 1 amide bonds. The highest BCUT2D eigenvalue weighted by molar-refractivity contribution is 5.72. The lowest BCUT2D eigenvalue weighted by Crippen LogP contribution is -2.50. The fourth-order valence-corrected chi connectivity index (χ4v) is 4.96. The Morgan fingerprint density at radius 1 is 0.929 bits per heavy atom. The van der Waals surface area contributed by atoms with Gasteiger partial charge in [0, 0.05) is 69.6 Å². The van der Waals surface area contributed by atoms with E-state index in [1.54, 1.807) is 23.4 Å². The van der Waals surface area contributed by atoms with Crippen LogP contribution in [0.5, 0.6) is 6.01 Å². The third-order valence-electron chi connectivity index (χ3n) is 7.03. The first-order valence-electron chi connectivity index (χ1n) is 14.1.